The van der Waals surface area contributed by atoms with Crippen LogP contribution in [0.3, 0.4) is 0 Å². The molecule has 0 aromatic carbocycles. The Morgan fingerprint density at radius 1 is 1.21 bits per heavy atom. The van der Waals surface area contributed by atoms with Crippen molar-refractivity contribution in [2.24, 2.45) is 11.7 Å². The highest BCUT2D eigenvalue weighted by atomic mass is 16.2. The van der Waals surface area contributed by atoms with Crippen LogP contribution in [0, 0.1) is 5.92 Å². The Morgan fingerprint density at radius 2 is 1.79 bits per heavy atom. The van der Waals surface area contributed by atoms with Crippen molar-refractivity contribution in [3.05, 3.63) is 0 Å². The number of nitrogens with zero attached hydrogens (tertiary/aromatic N) is 1. The molecule has 1 rings (SSSR count). The van der Waals surface area contributed by atoms with E-state index in [0.29, 0.717) is 12.1 Å². The van der Waals surface area contributed by atoms with E-state index in [1.165, 1.54) is 12.8 Å². The van der Waals surface area contributed by atoms with Crippen LogP contribution in [-0.2, 0) is 4.79 Å². The van der Waals surface area contributed by atoms with Gasteiger partial charge >= 0.3 is 0 Å². The summed E-state index contributed by atoms with van der Waals surface area (Å²) >= 11 is 0. The van der Waals surface area contributed by atoms with Crippen LogP contribution < -0.4 is 11.1 Å². The Kier molecular flexibility index (Phi) is 6.27. The van der Waals surface area contributed by atoms with Crippen LogP contribution in [0.25, 0.3) is 0 Å². The summed E-state index contributed by atoms with van der Waals surface area (Å²) in [5.74, 6) is 0.189. The minimum Gasteiger partial charge on any atom is -0.350 e. The minimum absolute atomic E-state index is 0.00376. The Hall–Kier alpha value is -0.610. The maximum atomic E-state index is 12.1. The molecular weight excluding hydrogens is 238 g/mol. The zero-order chi connectivity index (χ0) is 14.6. The fourth-order valence-electron chi connectivity index (χ4n) is 2.73. The van der Waals surface area contributed by atoms with Crippen LogP contribution in [0.2, 0.25) is 0 Å². The molecule has 3 atom stereocenters. The maximum Gasteiger partial charge on any atom is 0.237 e. The van der Waals surface area contributed by atoms with Crippen molar-refractivity contribution in [2.75, 3.05) is 7.05 Å². The summed E-state index contributed by atoms with van der Waals surface area (Å²) in [6.45, 7) is 8.38. The summed E-state index contributed by atoms with van der Waals surface area (Å²) in [4.78, 5) is 14.5. The first-order valence-corrected chi connectivity index (χ1v) is 7.62. The van der Waals surface area contributed by atoms with Crippen LogP contribution in [0.15, 0.2) is 0 Å². The Balaban J connectivity index is 2.65. The van der Waals surface area contributed by atoms with E-state index in [0.717, 1.165) is 12.8 Å². The third-order valence-electron chi connectivity index (χ3n) is 4.42. The zero-order valence-corrected chi connectivity index (χ0v) is 13.1. The predicted molar refractivity (Wildman–Crippen MR) is 79.9 cm³/mol. The standard InChI is InChI=1S/C15H31N3O/c1-10(2)14(16)15(19)17-12-8-6-7-9-13(12)18(5)11(3)4/h10-14H,6-9,16H2,1-5H3,(H,17,19)/t12-,13+,14-/m0/s1. The first kappa shape index (κ1) is 16.4. The van der Waals surface area contributed by atoms with E-state index < -0.39 is 6.04 Å². The van der Waals surface area contributed by atoms with E-state index in [1.54, 1.807) is 0 Å². The second kappa shape index (κ2) is 7.25. The van der Waals surface area contributed by atoms with Crippen LogP contribution in [-0.4, -0.2) is 42.0 Å². The highest BCUT2D eigenvalue weighted by molar-refractivity contribution is 5.82. The number of carbonyl (C=O) groups excluding carboxylic acids is 1. The number of nitrogens with one attached hydrogen (secondary N) is 1. The lowest BCUT2D eigenvalue weighted by Gasteiger charge is -2.40. The van der Waals surface area contributed by atoms with Gasteiger partial charge in [0.05, 0.1) is 6.04 Å². The SMILES string of the molecule is CC(C)[C@H](N)C(=O)N[C@H]1CCCC[C@H]1N(C)C(C)C. The topological polar surface area (TPSA) is 58.4 Å². The van der Waals surface area contributed by atoms with E-state index in [1.807, 2.05) is 13.8 Å². The van der Waals surface area contributed by atoms with E-state index in [4.69, 9.17) is 5.73 Å². The molecule has 1 fully saturated rings. The van der Waals surface area contributed by atoms with Gasteiger partial charge in [0.15, 0.2) is 0 Å². The summed E-state index contributed by atoms with van der Waals surface area (Å²) < 4.78 is 0. The molecule has 0 unspecified atom stereocenters. The molecule has 4 nitrogen and oxygen atoms in total. The van der Waals surface area contributed by atoms with Crippen LogP contribution in [0.1, 0.15) is 53.4 Å². The molecule has 3 N–H and O–H groups in total. The fourth-order valence-corrected chi connectivity index (χ4v) is 2.73. The monoisotopic (exact) mass is 269 g/mol. The summed E-state index contributed by atoms with van der Waals surface area (Å²) in [6, 6.07) is 0.795. The van der Waals surface area contributed by atoms with Gasteiger partial charge in [-0.15, -0.1) is 0 Å². The van der Waals surface area contributed by atoms with Gasteiger partial charge in [0.25, 0.3) is 0 Å². The molecule has 0 bridgehead atoms. The van der Waals surface area contributed by atoms with Crippen LogP contribution in [0.4, 0.5) is 0 Å². The molecule has 1 aliphatic rings. The molecule has 0 spiro atoms. The molecule has 19 heavy (non-hydrogen) atoms. The number of carbonyl (C=O) groups is 1. The number of nitrogens with two attached hydrogens (primary N) is 1. The summed E-state index contributed by atoms with van der Waals surface area (Å²) in [5, 5.41) is 3.18. The average Bonchev–Trinajstić information content (AvgIpc) is 2.37. The number of amides is 1. The Bertz CT molecular complexity index is 291. The molecule has 0 aliphatic heterocycles. The molecule has 4 heteroatoms. The normalized spacial score (nSPS) is 25.9. The molecule has 112 valence electrons. The van der Waals surface area contributed by atoms with Gasteiger partial charge in [0, 0.05) is 18.1 Å². The predicted octanol–water partition coefficient (Wildman–Crippen LogP) is 1.74. The van der Waals surface area contributed by atoms with E-state index in [2.05, 4.69) is 31.1 Å². The number of likely N-dealkylation sites (N-methyl/N-ethyl adjacent to an activating group) is 1. The molecule has 0 radical (unpaired) electrons. The van der Waals surface area contributed by atoms with Gasteiger partial charge in [-0.2, -0.15) is 0 Å². The molecule has 0 heterocycles. The largest absolute Gasteiger partial charge is 0.350 e. The smallest absolute Gasteiger partial charge is 0.237 e. The van der Waals surface area contributed by atoms with Gasteiger partial charge in [-0.3, -0.25) is 9.69 Å². The van der Waals surface area contributed by atoms with Gasteiger partial charge in [0.1, 0.15) is 0 Å². The molecule has 0 aromatic rings. The summed E-state index contributed by atoms with van der Waals surface area (Å²) in [6.07, 6.45) is 4.68. The van der Waals surface area contributed by atoms with E-state index in [9.17, 15) is 4.79 Å². The molecule has 1 aliphatic carbocycles. The first-order chi connectivity index (χ1) is 8.84. The Morgan fingerprint density at radius 3 is 2.32 bits per heavy atom. The van der Waals surface area contributed by atoms with E-state index in [-0.39, 0.29) is 17.9 Å². The maximum absolute atomic E-state index is 12.1. The second-order valence-corrected chi connectivity index (χ2v) is 6.50. The molecule has 0 aromatic heterocycles. The van der Waals surface area contributed by atoms with Crippen molar-refractivity contribution in [2.45, 2.75) is 77.5 Å². The zero-order valence-electron chi connectivity index (χ0n) is 13.1. The van der Waals surface area contributed by atoms with Crippen molar-refractivity contribution in [1.82, 2.24) is 10.2 Å². The highest BCUT2D eigenvalue weighted by Crippen LogP contribution is 2.24. The van der Waals surface area contributed by atoms with Crippen LogP contribution >= 0.6 is 0 Å². The van der Waals surface area contributed by atoms with Crippen molar-refractivity contribution in [1.29, 1.82) is 0 Å². The van der Waals surface area contributed by atoms with Crippen molar-refractivity contribution in [3.63, 3.8) is 0 Å². The number of rotatable bonds is 5. The fraction of sp³-hybridized carbons (Fsp3) is 0.933. The van der Waals surface area contributed by atoms with Crippen molar-refractivity contribution < 1.29 is 4.79 Å². The molecule has 1 saturated carbocycles. The number of hydrogen-bond donors (Lipinski definition) is 2. The molecule has 0 saturated heterocycles. The highest BCUT2D eigenvalue weighted by Gasteiger charge is 2.31. The lowest BCUT2D eigenvalue weighted by Crippen LogP contribution is -2.57. The third-order valence-corrected chi connectivity index (χ3v) is 4.42. The summed E-state index contributed by atoms with van der Waals surface area (Å²) in [5.41, 5.74) is 5.93. The lowest BCUT2D eigenvalue weighted by atomic mass is 9.88. The lowest BCUT2D eigenvalue weighted by molar-refractivity contribution is -0.124. The van der Waals surface area contributed by atoms with Gasteiger partial charge in [0.2, 0.25) is 5.91 Å². The van der Waals surface area contributed by atoms with Crippen molar-refractivity contribution >= 4 is 5.91 Å². The molecule has 1 amide bonds. The third kappa shape index (κ3) is 4.46. The van der Waals surface area contributed by atoms with Gasteiger partial charge in [-0.05, 0) is 39.7 Å². The Labute approximate surface area is 118 Å². The molecular formula is C15H31N3O. The van der Waals surface area contributed by atoms with Crippen molar-refractivity contribution in [3.8, 4) is 0 Å². The van der Waals surface area contributed by atoms with Gasteiger partial charge in [-0.1, -0.05) is 26.7 Å². The minimum atomic E-state index is -0.396. The van der Waals surface area contributed by atoms with Gasteiger partial charge < -0.3 is 11.1 Å². The van der Waals surface area contributed by atoms with E-state index >= 15 is 0 Å². The van der Waals surface area contributed by atoms with Gasteiger partial charge in [-0.25, -0.2) is 0 Å². The average molecular weight is 269 g/mol. The van der Waals surface area contributed by atoms with Crippen LogP contribution in [0.5, 0.6) is 0 Å². The quantitative estimate of drug-likeness (QED) is 0.799. The summed E-state index contributed by atoms with van der Waals surface area (Å²) in [7, 11) is 2.15. The number of hydrogen-bond acceptors (Lipinski definition) is 3. The first-order valence-electron chi connectivity index (χ1n) is 7.62. The second-order valence-electron chi connectivity index (χ2n) is 6.50.